The van der Waals surface area contributed by atoms with Gasteiger partial charge in [0.1, 0.15) is 0 Å². The largest absolute Gasteiger partial charge is 0.478 e. The van der Waals surface area contributed by atoms with E-state index in [1.165, 1.54) is 4.88 Å². The molecule has 108 valence electrons. The monoisotopic (exact) mass is 300 g/mol. The molecule has 0 saturated heterocycles. The summed E-state index contributed by atoms with van der Waals surface area (Å²) < 4.78 is 2.03. The van der Waals surface area contributed by atoms with Crippen LogP contribution in [0.2, 0.25) is 0 Å². The van der Waals surface area contributed by atoms with E-state index in [9.17, 15) is 4.79 Å². The lowest BCUT2D eigenvalue weighted by atomic mass is 9.91. The van der Waals surface area contributed by atoms with E-state index in [0.717, 1.165) is 17.6 Å². The number of benzene rings is 1. The van der Waals surface area contributed by atoms with Crippen LogP contribution in [-0.2, 0) is 12.0 Å². The lowest BCUT2D eigenvalue weighted by Gasteiger charge is -2.24. The Balaban J connectivity index is 2.01. The maximum Gasteiger partial charge on any atom is 0.335 e. The molecule has 5 heteroatoms. The Bertz CT molecular complexity index is 788. The van der Waals surface area contributed by atoms with Gasteiger partial charge in [-0.1, -0.05) is 19.9 Å². The van der Waals surface area contributed by atoms with Gasteiger partial charge in [-0.25, -0.2) is 9.78 Å². The fourth-order valence-corrected chi connectivity index (χ4v) is 3.33. The lowest BCUT2D eigenvalue weighted by molar-refractivity contribution is 0.0697. The summed E-state index contributed by atoms with van der Waals surface area (Å²) in [5.41, 5.74) is 1.95. The van der Waals surface area contributed by atoms with E-state index in [1.54, 1.807) is 35.9 Å². The third kappa shape index (κ3) is 2.56. The Morgan fingerprint density at radius 2 is 2.19 bits per heavy atom. The molecule has 1 aromatic carbocycles. The van der Waals surface area contributed by atoms with Gasteiger partial charge in [0.25, 0.3) is 0 Å². The predicted octanol–water partition coefficient (Wildman–Crippen LogP) is 3.77. The van der Waals surface area contributed by atoms with E-state index in [1.807, 2.05) is 4.57 Å². The number of hydrogen-bond acceptors (Lipinski definition) is 3. The summed E-state index contributed by atoms with van der Waals surface area (Å²) in [7, 11) is 0. The van der Waals surface area contributed by atoms with E-state index in [2.05, 4.69) is 36.3 Å². The number of hydrogen-bond donors (Lipinski definition) is 1. The van der Waals surface area contributed by atoms with E-state index < -0.39 is 5.97 Å². The van der Waals surface area contributed by atoms with Crippen LogP contribution in [0, 0.1) is 0 Å². The topological polar surface area (TPSA) is 55.1 Å². The Morgan fingerprint density at radius 1 is 1.38 bits per heavy atom. The summed E-state index contributed by atoms with van der Waals surface area (Å²) in [5.74, 6) is -0.915. The van der Waals surface area contributed by atoms with Gasteiger partial charge in [0.15, 0.2) is 0 Å². The number of carboxylic acids is 1. The van der Waals surface area contributed by atoms with Gasteiger partial charge in [0.05, 0.1) is 22.9 Å². The lowest BCUT2D eigenvalue weighted by Crippen LogP contribution is -2.22. The first kappa shape index (κ1) is 13.8. The molecule has 2 heterocycles. The van der Waals surface area contributed by atoms with Crippen LogP contribution in [0.25, 0.3) is 11.0 Å². The number of carbonyl (C=O) groups is 1. The normalized spacial score (nSPS) is 11.9. The average Bonchev–Trinajstić information content (AvgIpc) is 3.08. The average molecular weight is 300 g/mol. The van der Waals surface area contributed by atoms with Crippen LogP contribution in [0.5, 0.6) is 0 Å². The van der Waals surface area contributed by atoms with Gasteiger partial charge >= 0.3 is 5.97 Å². The van der Waals surface area contributed by atoms with Gasteiger partial charge < -0.3 is 9.67 Å². The molecule has 0 aliphatic heterocycles. The molecular formula is C16H16N2O2S. The van der Waals surface area contributed by atoms with Gasteiger partial charge in [-0.2, -0.15) is 0 Å². The summed E-state index contributed by atoms with van der Waals surface area (Å²) in [6, 6.07) is 9.22. The van der Waals surface area contributed by atoms with Gasteiger partial charge in [-0.15, -0.1) is 11.3 Å². The van der Waals surface area contributed by atoms with E-state index in [-0.39, 0.29) is 11.0 Å². The van der Waals surface area contributed by atoms with Crippen molar-refractivity contribution in [2.75, 3.05) is 0 Å². The summed E-state index contributed by atoms with van der Waals surface area (Å²) in [4.78, 5) is 16.8. The van der Waals surface area contributed by atoms with Crippen LogP contribution in [0.15, 0.2) is 42.0 Å². The second kappa shape index (κ2) is 5.00. The van der Waals surface area contributed by atoms with E-state index in [0.29, 0.717) is 0 Å². The van der Waals surface area contributed by atoms with Crippen molar-refractivity contribution in [2.45, 2.75) is 25.8 Å². The molecule has 0 unspecified atom stereocenters. The van der Waals surface area contributed by atoms with Crippen LogP contribution in [-0.4, -0.2) is 20.6 Å². The smallest absolute Gasteiger partial charge is 0.335 e. The number of imidazole rings is 1. The van der Waals surface area contributed by atoms with E-state index >= 15 is 0 Å². The van der Waals surface area contributed by atoms with E-state index in [4.69, 9.17) is 5.11 Å². The number of aromatic nitrogens is 2. The van der Waals surface area contributed by atoms with Crippen LogP contribution in [0.4, 0.5) is 0 Å². The first-order valence-electron chi connectivity index (χ1n) is 6.69. The number of nitrogens with zero attached hydrogens (tertiary/aromatic N) is 2. The van der Waals surface area contributed by atoms with Gasteiger partial charge in [-0.3, -0.25) is 0 Å². The SMILES string of the molecule is CC(C)(Cn1cnc2ccc(C(=O)O)cc21)c1cccs1. The van der Waals surface area contributed by atoms with Gasteiger partial charge in [0, 0.05) is 16.8 Å². The molecule has 2 aromatic heterocycles. The fraction of sp³-hybridized carbons (Fsp3) is 0.250. The molecular weight excluding hydrogens is 284 g/mol. The second-order valence-electron chi connectivity index (χ2n) is 5.74. The summed E-state index contributed by atoms with van der Waals surface area (Å²) >= 11 is 1.74. The molecule has 4 nitrogen and oxygen atoms in total. The highest BCUT2D eigenvalue weighted by atomic mass is 32.1. The number of aromatic carboxylic acids is 1. The van der Waals surface area contributed by atoms with Crippen molar-refractivity contribution in [3.63, 3.8) is 0 Å². The standard InChI is InChI=1S/C16H16N2O2S/c1-16(2,14-4-3-7-21-14)9-18-10-17-12-6-5-11(15(19)20)8-13(12)18/h3-8,10H,9H2,1-2H3,(H,19,20). The number of thiophene rings is 1. The molecule has 0 bridgehead atoms. The minimum atomic E-state index is -0.915. The van der Waals surface area contributed by atoms with Crippen molar-refractivity contribution in [1.29, 1.82) is 0 Å². The Kier molecular flexibility index (Phi) is 3.29. The molecule has 0 aliphatic carbocycles. The molecule has 0 aliphatic rings. The van der Waals surface area contributed by atoms with Crippen LogP contribution < -0.4 is 0 Å². The minimum Gasteiger partial charge on any atom is -0.478 e. The summed E-state index contributed by atoms with van der Waals surface area (Å²) in [5, 5.41) is 11.2. The van der Waals surface area contributed by atoms with Crippen LogP contribution >= 0.6 is 11.3 Å². The maximum absolute atomic E-state index is 11.1. The molecule has 0 spiro atoms. The van der Waals surface area contributed by atoms with Crippen molar-refractivity contribution in [2.24, 2.45) is 0 Å². The Labute approximate surface area is 126 Å². The molecule has 0 saturated carbocycles. The van der Waals surface area contributed by atoms with Gasteiger partial charge in [-0.05, 0) is 29.6 Å². The third-order valence-corrected chi connectivity index (χ3v) is 4.86. The van der Waals surface area contributed by atoms with Crippen molar-refractivity contribution in [3.8, 4) is 0 Å². The van der Waals surface area contributed by atoms with Crippen molar-refractivity contribution >= 4 is 28.3 Å². The Morgan fingerprint density at radius 3 is 2.86 bits per heavy atom. The maximum atomic E-state index is 11.1. The first-order valence-corrected chi connectivity index (χ1v) is 7.57. The predicted molar refractivity (Wildman–Crippen MR) is 84.0 cm³/mol. The zero-order valence-electron chi connectivity index (χ0n) is 11.9. The second-order valence-corrected chi connectivity index (χ2v) is 6.69. The fourth-order valence-electron chi connectivity index (χ4n) is 2.48. The molecule has 21 heavy (non-hydrogen) atoms. The highest BCUT2D eigenvalue weighted by Gasteiger charge is 2.23. The van der Waals surface area contributed by atoms with Crippen molar-refractivity contribution in [3.05, 3.63) is 52.5 Å². The van der Waals surface area contributed by atoms with Crippen molar-refractivity contribution < 1.29 is 9.90 Å². The zero-order valence-corrected chi connectivity index (χ0v) is 12.7. The molecule has 0 atom stereocenters. The molecule has 0 amide bonds. The highest BCUT2D eigenvalue weighted by molar-refractivity contribution is 7.10. The number of fused-ring (bicyclic) bond motifs is 1. The first-order chi connectivity index (χ1) is 9.97. The third-order valence-electron chi connectivity index (χ3n) is 3.62. The quantitative estimate of drug-likeness (QED) is 0.798. The Hall–Kier alpha value is -2.14. The molecule has 3 rings (SSSR count). The van der Waals surface area contributed by atoms with Gasteiger partial charge in [0.2, 0.25) is 0 Å². The highest BCUT2D eigenvalue weighted by Crippen LogP contribution is 2.30. The molecule has 1 N–H and O–H groups in total. The molecule has 3 aromatic rings. The summed E-state index contributed by atoms with van der Waals surface area (Å²) in [6.45, 7) is 5.13. The van der Waals surface area contributed by atoms with Crippen molar-refractivity contribution in [1.82, 2.24) is 9.55 Å². The zero-order chi connectivity index (χ0) is 15.0. The van der Waals surface area contributed by atoms with Crippen LogP contribution in [0.3, 0.4) is 0 Å². The molecule has 0 fully saturated rings. The number of carboxylic acid groups (broad SMARTS) is 1. The molecule has 0 radical (unpaired) electrons. The van der Waals surface area contributed by atoms with Crippen LogP contribution in [0.1, 0.15) is 29.1 Å². The number of rotatable bonds is 4. The minimum absolute atomic E-state index is 0.0268. The summed E-state index contributed by atoms with van der Waals surface area (Å²) in [6.07, 6.45) is 1.78.